The number of carbonyl (C=O) groups excluding carboxylic acids is 1. The van der Waals surface area contributed by atoms with Crippen LogP contribution in [0, 0.1) is 12.8 Å². The molecule has 0 spiro atoms. The third-order valence-electron chi connectivity index (χ3n) is 3.84. The lowest BCUT2D eigenvalue weighted by Gasteiger charge is -2.13. The van der Waals surface area contributed by atoms with E-state index in [2.05, 4.69) is 24.3 Å². The van der Waals surface area contributed by atoms with E-state index in [1.54, 1.807) is 37.6 Å². The molecule has 0 radical (unpaired) electrons. The number of hydrogen-bond acceptors (Lipinski definition) is 4. The Morgan fingerprint density at radius 1 is 1.33 bits per heavy atom. The van der Waals surface area contributed by atoms with Crippen molar-refractivity contribution in [2.45, 2.75) is 33.4 Å². The van der Waals surface area contributed by atoms with Gasteiger partial charge in [0.1, 0.15) is 5.75 Å². The Morgan fingerprint density at radius 3 is 2.58 bits per heavy atom. The molecule has 0 aliphatic rings. The lowest BCUT2D eigenvalue weighted by molar-refractivity contribution is 0.0915. The van der Waals surface area contributed by atoms with Crippen molar-refractivity contribution in [2.75, 3.05) is 13.7 Å². The van der Waals surface area contributed by atoms with E-state index in [9.17, 15) is 9.90 Å². The van der Waals surface area contributed by atoms with Crippen LogP contribution in [0.3, 0.4) is 0 Å². The van der Waals surface area contributed by atoms with Crippen LogP contribution in [0.2, 0.25) is 0 Å². The molecule has 2 aromatic rings. The molecule has 0 aliphatic heterocycles. The maximum Gasteiger partial charge on any atom is 0.254 e. The van der Waals surface area contributed by atoms with Gasteiger partial charge in [0.2, 0.25) is 0 Å². The highest BCUT2D eigenvalue weighted by molar-refractivity contribution is 5.95. The normalized spacial score (nSPS) is 12.2. The molecule has 1 heterocycles. The summed E-state index contributed by atoms with van der Waals surface area (Å²) < 4.78 is 6.92. The van der Waals surface area contributed by atoms with Gasteiger partial charge in [0.15, 0.2) is 0 Å². The fraction of sp³-hybridized carbons (Fsp3) is 0.444. The zero-order chi connectivity index (χ0) is 17.7. The number of ether oxygens (including phenoxy) is 1. The van der Waals surface area contributed by atoms with Crippen molar-refractivity contribution in [3.63, 3.8) is 0 Å². The molecule has 1 amide bonds. The molecular weight excluding hydrogens is 306 g/mol. The molecule has 1 unspecified atom stereocenters. The van der Waals surface area contributed by atoms with Crippen molar-refractivity contribution in [2.24, 2.45) is 5.92 Å². The van der Waals surface area contributed by atoms with Gasteiger partial charge in [-0.3, -0.25) is 9.48 Å². The van der Waals surface area contributed by atoms with Gasteiger partial charge in [0, 0.05) is 18.8 Å². The van der Waals surface area contributed by atoms with Crippen molar-refractivity contribution in [3.05, 3.63) is 47.3 Å². The molecule has 1 atom stereocenters. The number of amides is 1. The van der Waals surface area contributed by atoms with Gasteiger partial charge >= 0.3 is 0 Å². The molecule has 1 aromatic heterocycles. The molecule has 0 saturated carbocycles. The maximum absolute atomic E-state index is 12.3. The van der Waals surface area contributed by atoms with E-state index in [-0.39, 0.29) is 12.5 Å². The van der Waals surface area contributed by atoms with E-state index < -0.39 is 6.10 Å². The minimum atomic E-state index is -0.772. The van der Waals surface area contributed by atoms with Crippen molar-refractivity contribution in [1.29, 1.82) is 0 Å². The predicted octanol–water partition coefficient (Wildman–Crippen LogP) is 2.32. The molecule has 130 valence electrons. The second kappa shape index (κ2) is 7.97. The van der Waals surface area contributed by atoms with Gasteiger partial charge in [-0.2, -0.15) is 5.10 Å². The fourth-order valence-corrected chi connectivity index (χ4v) is 2.43. The maximum atomic E-state index is 12.3. The third kappa shape index (κ3) is 4.35. The highest BCUT2D eigenvalue weighted by Crippen LogP contribution is 2.17. The second-order valence-corrected chi connectivity index (χ2v) is 6.22. The van der Waals surface area contributed by atoms with E-state index in [1.165, 1.54) is 0 Å². The van der Waals surface area contributed by atoms with Crippen molar-refractivity contribution < 1.29 is 14.6 Å². The van der Waals surface area contributed by atoms with Gasteiger partial charge < -0.3 is 15.2 Å². The SMILES string of the molecule is COc1ccc(C(O)CNC(=O)c2cnn(CC(C)C)c2C)cc1. The zero-order valence-electron chi connectivity index (χ0n) is 14.6. The number of aromatic nitrogens is 2. The summed E-state index contributed by atoms with van der Waals surface area (Å²) >= 11 is 0. The predicted molar refractivity (Wildman–Crippen MR) is 92.1 cm³/mol. The summed E-state index contributed by atoms with van der Waals surface area (Å²) in [7, 11) is 1.59. The lowest BCUT2D eigenvalue weighted by Crippen LogP contribution is -2.28. The Kier molecular flexibility index (Phi) is 5.98. The number of methoxy groups -OCH3 is 1. The summed E-state index contributed by atoms with van der Waals surface area (Å²) in [5.74, 6) is 0.953. The minimum Gasteiger partial charge on any atom is -0.497 e. The molecule has 1 aromatic carbocycles. The topological polar surface area (TPSA) is 76.4 Å². The number of nitrogens with one attached hydrogen (secondary N) is 1. The summed E-state index contributed by atoms with van der Waals surface area (Å²) in [4.78, 5) is 12.3. The number of aliphatic hydroxyl groups is 1. The van der Waals surface area contributed by atoms with E-state index in [1.807, 2.05) is 11.6 Å². The van der Waals surface area contributed by atoms with Crippen LogP contribution in [0.25, 0.3) is 0 Å². The Bertz CT molecular complexity index is 677. The van der Waals surface area contributed by atoms with Gasteiger partial charge in [0.25, 0.3) is 5.91 Å². The van der Waals surface area contributed by atoms with Crippen LogP contribution in [0.4, 0.5) is 0 Å². The zero-order valence-corrected chi connectivity index (χ0v) is 14.6. The number of carbonyl (C=O) groups is 1. The van der Waals surface area contributed by atoms with Crippen LogP contribution in [0.15, 0.2) is 30.5 Å². The molecule has 6 nitrogen and oxygen atoms in total. The number of aliphatic hydroxyl groups excluding tert-OH is 1. The van der Waals surface area contributed by atoms with Gasteiger partial charge in [-0.1, -0.05) is 26.0 Å². The van der Waals surface area contributed by atoms with E-state index in [0.717, 1.165) is 23.6 Å². The Labute approximate surface area is 142 Å². The standard InChI is InChI=1S/C18H25N3O3/c1-12(2)11-21-13(3)16(9-20-21)18(23)19-10-17(22)14-5-7-15(24-4)8-6-14/h5-9,12,17,22H,10-11H2,1-4H3,(H,19,23). The molecule has 6 heteroatoms. The number of hydrogen-bond donors (Lipinski definition) is 2. The van der Waals surface area contributed by atoms with E-state index in [4.69, 9.17) is 4.74 Å². The molecule has 0 saturated heterocycles. The monoisotopic (exact) mass is 331 g/mol. The largest absolute Gasteiger partial charge is 0.497 e. The number of rotatable bonds is 7. The first kappa shape index (κ1) is 18.0. The molecule has 0 fully saturated rings. The van der Waals surface area contributed by atoms with Gasteiger partial charge in [-0.15, -0.1) is 0 Å². The Balaban J connectivity index is 1.96. The summed E-state index contributed by atoms with van der Waals surface area (Å²) in [5, 5.41) is 17.2. The number of nitrogens with zero attached hydrogens (tertiary/aromatic N) is 2. The smallest absolute Gasteiger partial charge is 0.254 e. The highest BCUT2D eigenvalue weighted by Gasteiger charge is 2.16. The summed E-state index contributed by atoms with van der Waals surface area (Å²) in [5.41, 5.74) is 2.10. The average Bonchev–Trinajstić information content (AvgIpc) is 2.92. The highest BCUT2D eigenvalue weighted by atomic mass is 16.5. The van der Waals surface area contributed by atoms with Gasteiger partial charge in [-0.05, 0) is 30.5 Å². The number of benzene rings is 1. The fourth-order valence-electron chi connectivity index (χ4n) is 2.43. The molecule has 0 bridgehead atoms. The Hall–Kier alpha value is -2.34. The summed E-state index contributed by atoms with van der Waals surface area (Å²) in [6, 6.07) is 7.12. The summed E-state index contributed by atoms with van der Waals surface area (Å²) in [6.45, 7) is 7.00. The van der Waals surface area contributed by atoms with Crippen molar-refractivity contribution in [1.82, 2.24) is 15.1 Å². The van der Waals surface area contributed by atoms with Gasteiger partial charge in [0.05, 0.1) is 25.0 Å². The first-order valence-corrected chi connectivity index (χ1v) is 8.05. The molecule has 2 rings (SSSR count). The lowest BCUT2D eigenvalue weighted by atomic mass is 10.1. The van der Waals surface area contributed by atoms with E-state index in [0.29, 0.717) is 11.5 Å². The first-order valence-electron chi connectivity index (χ1n) is 8.05. The van der Waals surface area contributed by atoms with E-state index >= 15 is 0 Å². The average molecular weight is 331 g/mol. The molecule has 2 N–H and O–H groups in total. The molecular formula is C18H25N3O3. The van der Waals surface area contributed by atoms with Crippen LogP contribution in [0.1, 0.15) is 41.6 Å². The third-order valence-corrected chi connectivity index (χ3v) is 3.84. The van der Waals surface area contributed by atoms with Crippen molar-refractivity contribution in [3.8, 4) is 5.75 Å². The molecule has 24 heavy (non-hydrogen) atoms. The Morgan fingerprint density at radius 2 is 2.00 bits per heavy atom. The van der Waals surface area contributed by atoms with Crippen molar-refractivity contribution >= 4 is 5.91 Å². The second-order valence-electron chi connectivity index (χ2n) is 6.22. The van der Waals surface area contributed by atoms with Gasteiger partial charge in [-0.25, -0.2) is 0 Å². The van der Waals surface area contributed by atoms with Crippen LogP contribution < -0.4 is 10.1 Å². The quantitative estimate of drug-likeness (QED) is 0.816. The summed E-state index contributed by atoms with van der Waals surface area (Å²) in [6.07, 6.45) is 0.804. The van der Waals surface area contributed by atoms with Crippen LogP contribution in [-0.4, -0.2) is 34.4 Å². The van der Waals surface area contributed by atoms with Crippen LogP contribution >= 0.6 is 0 Å². The van der Waals surface area contributed by atoms with Crippen LogP contribution in [0.5, 0.6) is 5.75 Å². The van der Waals surface area contributed by atoms with Crippen LogP contribution in [-0.2, 0) is 6.54 Å². The molecule has 0 aliphatic carbocycles. The minimum absolute atomic E-state index is 0.139. The first-order chi connectivity index (χ1) is 11.4.